The lowest BCUT2D eigenvalue weighted by Gasteiger charge is -2.11. The Hall–Kier alpha value is -2.69. The van der Waals surface area contributed by atoms with Gasteiger partial charge < -0.3 is 5.32 Å². The van der Waals surface area contributed by atoms with Crippen LogP contribution >= 0.6 is 0 Å². The molecule has 1 N–H and O–H groups in total. The summed E-state index contributed by atoms with van der Waals surface area (Å²) in [6.07, 6.45) is 1.59. The first-order chi connectivity index (χ1) is 10.2. The van der Waals surface area contributed by atoms with Gasteiger partial charge in [0.15, 0.2) is 0 Å². The summed E-state index contributed by atoms with van der Waals surface area (Å²) in [7, 11) is 0. The van der Waals surface area contributed by atoms with Gasteiger partial charge in [-0.15, -0.1) is 5.10 Å². The van der Waals surface area contributed by atoms with Crippen molar-refractivity contribution in [2.24, 2.45) is 0 Å². The van der Waals surface area contributed by atoms with Crippen LogP contribution in [0.2, 0.25) is 0 Å². The van der Waals surface area contributed by atoms with Crippen molar-refractivity contribution in [2.75, 3.05) is 5.32 Å². The molecule has 106 valence electrons. The Balaban J connectivity index is 1.78. The molecule has 0 aliphatic rings. The zero-order valence-electron chi connectivity index (χ0n) is 12.1. The molecule has 2 aromatic carbocycles. The maximum Gasteiger partial charge on any atom is 0.143 e. The second-order valence-electron chi connectivity index (χ2n) is 5.09. The first-order valence-electron chi connectivity index (χ1n) is 6.86. The van der Waals surface area contributed by atoms with Crippen molar-refractivity contribution in [1.29, 1.82) is 0 Å². The minimum absolute atomic E-state index is 0.792. The van der Waals surface area contributed by atoms with Crippen molar-refractivity contribution in [3.8, 4) is 5.69 Å². The number of nitrogens with zero attached hydrogens (tertiary/aromatic N) is 4. The average Bonchev–Trinajstić information content (AvgIpc) is 3.02. The van der Waals surface area contributed by atoms with Crippen molar-refractivity contribution in [2.45, 2.75) is 20.4 Å². The molecule has 0 saturated heterocycles. The van der Waals surface area contributed by atoms with Crippen molar-refractivity contribution in [1.82, 2.24) is 20.2 Å². The molecular formula is C16H17N5. The van der Waals surface area contributed by atoms with Crippen LogP contribution in [-0.4, -0.2) is 20.2 Å². The molecule has 0 amide bonds. The molecule has 0 spiro atoms. The molecule has 1 heterocycles. The van der Waals surface area contributed by atoms with Gasteiger partial charge >= 0.3 is 0 Å². The number of aryl methyl sites for hydroxylation is 2. The molecular weight excluding hydrogens is 262 g/mol. The fraction of sp³-hybridized carbons (Fsp3) is 0.188. The summed E-state index contributed by atoms with van der Waals surface area (Å²) in [5.74, 6) is 0. The van der Waals surface area contributed by atoms with Crippen LogP contribution in [0.4, 0.5) is 5.69 Å². The Morgan fingerprint density at radius 2 is 1.86 bits per heavy atom. The topological polar surface area (TPSA) is 55.6 Å². The van der Waals surface area contributed by atoms with Crippen molar-refractivity contribution < 1.29 is 0 Å². The number of hydrogen-bond donors (Lipinski definition) is 1. The Morgan fingerprint density at radius 3 is 2.57 bits per heavy atom. The molecule has 0 bridgehead atoms. The van der Waals surface area contributed by atoms with Gasteiger partial charge in [-0.05, 0) is 47.5 Å². The number of hydrogen-bond acceptors (Lipinski definition) is 4. The second-order valence-corrected chi connectivity index (χ2v) is 5.09. The van der Waals surface area contributed by atoms with Gasteiger partial charge in [0.2, 0.25) is 0 Å². The van der Waals surface area contributed by atoms with Crippen LogP contribution in [0, 0.1) is 13.8 Å². The highest BCUT2D eigenvalue weighted by Crippen LogP contribution is 2.19. The van der Waals surface area contributed by atoms with Gasteiger partial charge in [-0.3, -0.25) is 0 Å². The minimum Gasteiger partial charge on any atom is -0.381 e. The first kappa shape index (κ1) is 13.3. The number of benzene rings is 2. The monoisotopic (exact) mass is 279 g/mol. The molecule has 0 unspecified atom stereocenters. The van der Waals surface area contributed by atoms with Gasteiger partial charge in [-0.25, -0.2) is 4.68 Å². The van der Waals surface area contributed by atoms with E-state index in [1.807, 2.05) is 6.07 Å². The summed E-state index contributed by atoms with van der Waals surface area (Å²) in [6, 6.07) is 14.7. The highest BCUT2D eigenvalue weighted by atomic mass is 15.5. The van der Waals surface area contributed by atoms with E-state index in [1.54, 1.807) is 11.0 Å². The quantitative estimate of drug-likeness (QED) is 0.798. The summed E-state index contributed by atoms with van der Waals surface area (Å²) in [5.41, 5.74) is 5.75. The van der Waals surface area contributed by atoms with Crippen LogP contribution in [-0.2, 0) is 6.54 Å². The maximum atomic E-state index is 3.91. The van der Waals surface area contributed by atoms with Gasteiger partial charge in [0, 0.05) is 12.2 Å². The molecule has 0 aliphatic carbocycles. The normalized spacial score (nSPS) is 10.6. The number of rotatable bonds is 4. The van der Waals surface area contributed by atoms with Gasteiger partial charge in [0.25, 0.3) is 0 Å². The smallest absolute Gasteiger partial charge is 0.143 e. The van der Waals surface area contributed by atoms with Crippen LogP contribution in [0.1, 0.15) is 16.7 Å². The summed E-state index contributed by atoms with van der Waals surface area (Å²) in [5, 5.41) is 14.7. The predicted octanol–water partition coefficient (Wildman–Crippen LogP) is 2.89. The van der Waals surface area contributed by atoms with E-state index in [2.05, 4.69) is 71.1 Å². The van der Waals surface area contributed by atoms with E-state index in [0.29, 0.717) is 0 Å². The Kier molecular flexibility index (Phi) is 3.64. The highest BCUT2D eigenvalue weighted by molar-refractivity contribution is 5.56. The fourth-order valence-electron chi connectivity index (χ4n) is 2.13. The number of aromatic nitrogens is 4. The molecule has 5 nitrogen and oxygen atoms in total. The van der Waals surface area contributed by atoms with Gasteiger partial charge in [0.05, 0.1) is 5.69 Å². The Morgan fingerprint density at radius 1 is 1.05 bits per heavy atom. The van der Waals surface area contributed by atoms with E-state index < -0.39 is 0 Å². The second kappa shape index (κ2) is 5.75. The molecule has 0 radical (unpaired) electrons. The lowest BCUT2D eigenvalue weighted by molar-refractivity contribution is 0.789. The van der Waals surface area contributed by atoms with E-state index in [1.165, 1.54) is 16.7 Å². The number of nitrogens with one attached hydrogen (secondary N) is 1. The third-order valence-electron chi connectivity index (χ3n) is 3.44. The summed E-state index contributed by atoms with van der Waals surface area (Å²) < 4.78 is 1.65. The Bertz CT molecular complexity index is 717. The first-order valence-corrected chi connectivity index (χ1v) is 6.86. The SMILES string of the molecule is Cc1ccc(CNc2cc(-n3cnnn3)ccc2C)cc1. The molecule has 0 fully saturated rings. The summed E-state index contributed by atoms with van der Waals surface area (Å²) in [6.45, 7) is 4.97. The molecule has 5 heteroatoms. The van der Waals surface area contributed by atoms with Crippen molar-refractivity contribution >= 4 is 5.69 Å². The maximum absolute atomic E-state index is 3.91. The number of tetrazole rings is 1. The lowest BCUT2D eigenvalue weighted by atomic mass is 10.1. The van der Waals surface area contributed by atoms with E-state index in [4.69, 9.17) is 0 Å². The third-order valence-corrected chi connectivity index (χ3v) is 3.44. The van der Waals surface area contributed by atoms with Gasteiger partial charge in [-0.1, -0.05) is 35.9 Å². The average molecular weight is 279 g/mol. The van der Waals surface area contributed by atoms with Gasteiger partial charge in [0.1, 0.15) is 6.33 Å². The molecule has 3 aromatic rings. The molecule has 0 atom stereocenters. The van der Waals surface area contributed by atoms with Crippen molar-refractivity contribution in [3.63, 3.8) is 0 Å². The standard InChI is InChI=1S/C16H17N5/c1-12-3-6-14(7-4-12)10-17-16-9-15(8-5-13(16)2)21-11-18-19-20-21/h3-9,11,17H,10H2,1-2H3. The minimum atomic E-state index is 0.792. The molecule has 0 saturated carbocycles. The zero-order valence-corrected chi connectivity index (χ0v) is 12.1. The van der Waals surface area contributed by atoms with Crippen LogP contribution in [0.15, 0.2) is 48.8 Å². The fourth-order valence-corrected chi connectivity index (χ4v) is 2.13. The largest absolute Gasteiger partial charge is 0.381 e. The summed E-state index contributed by atoms with van der Waals surface area (Å²) in [4.78, 5) is 0. The molecule has 0 aliphatic heterocycles. The number of anilines is 1. The molecule has 1 aromatic heterocycles. The zero-order chi connectivity index (χ0) is 14.7. The molecule has 21 heavy (non-hydrogen) atoms. The van der Waals surface area contributed by atoms with Crippen LogP contribution in [0.5, 0.6) is 0 Å². The Labute approximate surface area is 123 Å². The van der Waals surface area contributed by atoms with E-state index in [-0.39, 0.29) is 0 Å². The summed E-state index contributed by atoms with van der Waals surface area (Å²) >= 11 is 0. The molecule has 3 rings (SSSR count). The highest BCUT2D eigenvalue weighted by Gasteiger charge is 2.03. The van der Waals surface area contributed by atoms with Crippen LogP contribution in [0.3, 0.4) is 0 Å². The van der Waals surface area contributed by atoms with Crippen LogP contribution < -0.4 is 5.32 Å². The van der Waals surface area contributed by atoms with Crippen molar-refractivity contribution in [3.05, 3.63) is 65.5 Å². The van der Waals surface area contributed by atoms with E-state index in [9.17, 15) is 0 Å². The van der Waals surface area contributed by atoms with E-state index >= 15 is 0 Å². The van der Waals surface area contributed by atoms with E-state index in [0.717, 1.165) is 17.9 Å². The predicted molar refractivity (Wildman–Crippen MR) is 82.4 cm³/mol. The lowest BCUT2D eigenvalue weighted by Crippen LogP contribution is -2.03. The van der Waals surface area contributed by atoms with Crippen LogP contribution in [0.25, 0.3) is 5.69 Å². The third kappa shape index (κ3) is 3.08. The van der Waals surface area contributed by atoms with Gasteiger partial charge in [-0.2, -0.15) is 0 Å².